The van der Waals surface area contributed by atoms with Crippen LogP contribution < -0.4 is 10.6 Å². The van der Waals surface area contributed by atoms with Crippen LogP contribution in [0.1, 0.15) is 40.8 Å². The van der Waals surface area contributed by atoms with Crippen molar-refractivity contribution in [2.24, 2.45) is 0 Å². The van der Waals surface area contributed by atoms with Crippen molar-refractivity contribution in [3.8, 4) is 16.9 Å². The molecule has 4 heterocycles. The van der Waals surface area contributed by atoms with Gasteiger partial charge in [0.2, 0.25) is 11.8 Å². The van der Waals surface area contributed by atoms with Crippen molar-refractivity contribution in [1.29, 1.82) is 0 Å². The lowest BCUT2D eigenvalue weighted by Crippen LogP contribution is -2.29. The number of carbonyl (C=O) groups is 2. The first-order valence-electron chi connectivity index (χ1n) is 13.4. The van der Waals surface area contributed by atoms with E-state index in [2.05, 4.69) is 36.1 Å². The molecular formula is C30H25ClFN9O2. The summed E-state index contributed by atoms with van der Waals surface area (Å²) in [5.41, 5.74) is 4.82. The molecule has 11 nitrogen and oxygen atoms in total. The third-order valence-corrected chi connectivity index (χ3v) is 7.18. The molecule has 1 atom stereocenters. The van der Waals surface area contributed by atoms with Gasteiger partial charge in [-0.1, -0.05) is 23.7 Å². The van der Waals surface area contributed by atoms with E-state index in [-0.39, 0.29) is 30.9 Å². The fourth-order valence-corrected chi connectivity index (χ4v) is 5.03. The predicted octanol–water partition coefficient (Wildman–Crippen LogP) is 4.55. The summed E-state index contributed by atoms with van der Waals surface area (Å²) in [6.45, 7) is 1.92. The quantitative estimate of drug-likeness (QED) is 0.258. The van der Waals surface area contributed by atoms with E-state index in [9.17, 15) is 14.0 Å². The molecule has 3 N–H and O–H groups in total. The maximum absolute atomic E-state index is 14.6. The van der Waals surface area contributed by atoms with Crippen LogP contribution in [0.15, 0.2) is 67.1 Å². The Labute approximate surface area is 250 Å². The van der Waals surface area contributed by atoms with Crippen LogP contribution in [0, 0.1) is 12.7 Å². The molecule has 13 heteroatoms. The number of benzene rings is 2. The SMILES string of the molecule is Cc1ccc2c(c1)NC(=O)CCc1nc(ccc1F)CC(NC(=O)/C=C/c1cc(Cl)ccc1-n1cnnn1)c1nc-2c[nH]1. The van der Waals surface area contributed by atoms with Gasteiger partial charge in [-0.3, -0.25) is 14.6 Å². The van der Waals surface area contributed by atoms with Gasteiger partial charge in [-0.05, 0) is 65.4 Å². The number of aromatic amines is 1. The molecular weight excluding hydrogens is 573 g/mol. The molecule has 43 heavy (non-hydrogen) atoms. The second kappa shape index (κ2) is 11.9. The van der Waals surface area contributed by atoms with Crippen molar-refractivity contribution < 1.29 is 14.0 Å². The second-order valence-corrected chi connectivity index (χ2v) is 10.5. The number of fused-ring (bicyclic) bond motifs is 6. The number of amides is 2. The number of imidazole rings is 1. The van der Waals surface area contributed by atoms with E-state index >= 15 is 0 Å². The Hall–Kier alpha value is -5.23. The van der Waals surface area contributed by atoms with E-state index < -0.39 is 17.8 Å². The molecule has 1 aliphatic heterocycles. The summed E-state index contributed by atoms with van der Waals surface area (Å²) in [4.78, 5) is 38.5. The molecule has 1 unspecified atom stereocenters. The van der Waals surface area contributed by atoms with Crippen molar-refractivity contribution >= 4 is 35.2 Å². The van der Waals surface area contributed by atoms with Gasteiger partial charge in [-0.25, -0.2) is 9.37 Å². The third-order valence-electron chi connectivity index (χ3n) is 6.95. The van der Waals surface area contributed by atoms with Crippen LogP contribution in [0.5, 0.6) is 0 Å². The number of halogens is 2. The number of aryl methyl sites for hydroxylation is 2. The number of rotatable bonds is 4. The van der Waals surface area contributed by atoms with Crippen molar-refractivity contribution in [3.05, 3.63) is 106 Å². The molecule has 3 aromatic heterocycles. The van der Waals surface area contributed by atoms with Crippen molar-refractivity contribution in [2.75, 3.05) is 5.32 Å². The van der Waals surface area contributed by atoms with Gasteiger partial charge < -0.3 is 15.6 Å². The van der Waals surface area contributed by atoms with Crippen LogP contribution in [0.2, 0.25) is 5.02 Å². The highest BCUT2D eigenvalue weighted by Crippen LogP contribution is 2.30. The van der Waals surface area contributed by atoms with Crippen molar-refractivity contribution in [3.63, 3.8) is 0 Å². The average Bonchev–Trinajstić information content (AvgIpc) is 3.69. The summed E-state index contributed by atoms with van der Waals surface area (Å²) in [5, 5.41) is 17.7. The molecule has 0 fully saturated rings. The van der Waals surface area contributed by atoms with Gasteiger partial charge in [0.25, 0.3) is 0 Å². The average molecular weight is 598 g/mol. The van der Waals surface area contributed by atoms with Gasteiger partial charge in [-0.15, -0.1) is 5.10 Å². The smallest absolute Gasteiger partial charge is 0.244 e. The Balaban J connectivity index is 1.34. The molecule has 4 bridgehead atoms. The number of hydrogen-bond acceptors (Lipinski definition) is 7. The topological polar surface area (TPSA) is 143 Å². The molecule has 0 aliphatic carbocycles. The van der Waals surface area contributed by atoms with Crippen LogP contribution in [-0.4, -0.2) is 47.0 Å². The largest absolute Gasteiger partial charge is 0.346 e. The first kappa shape index (κ1) is 27.9. The molecule has 0 saturated carbocycles. The Bertz CT molecular complexity index is 1850. The lowest BCUT2D eigenvalue weighted by molar-refractivity contribution is -0.117. The Morgan fingerprint density at radius 1 is 1.14 bits per heavy atom. The summed E-state index contributed by atoms with van der Waals surface area (Å²) in [5.74, 6) is -0.691. The number of pyridine rings is 1. The number of nitrogens with zero attached hydrogens (tertiary/aromatic N) is 6. The minimum atomic E-state index is -0.638. The van der Waals surface area contributed by atoms with Gasteiger partial charge in [0.05, 0.1) is 28.8 Å². The van der Waals surface area contributed by atoms with Crippen LogP contribution in [0.25, 0.3) is 23.0 Å². The zero-order valence-corrected chi connectivity index (χ0v) is 23.6. The minimum absolute atomic E-state index is 0.0493. The highest BCUT2D eigenvalue weighted by atomic mass is 35.5. The van der Waals surface area contributed by atoms with Gasteiger partial charge in [0.15, 0.2) is 0 Å². The zero-order chi connectivity index (χ0) is 29.9. The Morgan fingerprint density at radius 2 is 2.02 bits per heavy atom. The minimum Gasteiger partial charge on any atom is -0.346 e. The monoisotopic (exact) mass is 597 g/mol. The Morgan fingerprint density at radius 3 is 2.86 bits per heavy atom. The molecule has 5 aromatic rings. The fourth-order valence-electron chi connectivity index (χ4n) is 4.85. The molecule has 0 saturated heterocycles. The van der Waals surface area contributed by atoms with Crippen LogP contribution >= 0.6 is 11.6 Å². The van der Waals surface area contributed by atoms with Crippen LogP contribution in [0.4, 0.5) is 10.1 Å². The summed E-state index contributed by atoms with van der Waals surface area (Å²) in [6, 6.07) is 13.1. The highest BCUT2D eigenvalue weighted by Gasteiger charge is 2.22. The predicted molar refractivity (Wildman–Crippen MR) is 158 cm³/mol. The van der Waals surface area contributed by atoms with Crippen LogP contribution in [-0.2, 0) is 22.4 Å². The number of carbonyl (C=O) groups excluding carboxylic acids is 2. The molecule has 216 valence electrons. The molecule has 1 aliphatic rings. The number of nitrogens with one attached hydrogen (secondary N) is 3. The van der Waals surface area contributed by atoms with E-state index in [1.807, 2.05) is 25.1 Å². The second-order valence-electron chi connectivity index (χ2n) is 10.1. The standard InChI is InChI=1S/C30H25ClFN9O2/c1-17-2-6-21-24(12-17)36-29(43)11-8-23-22(32)7-5-20(35-23)14-25(30-33-15-26(21)38-30)37-28(42)10-3-18-13-19(31)4-9-27(18)41-16-34-39-40-41/h2-7,9-10,12-13,15-16,25H,8,11,14H2,1H3,(H,33,38)(H,36,43)(H,37,42)/b10-3+. The Kier molecular flexibility index (Phi) is 7.75. The molecule has 2 aromatic carbocycles. The van der Waals surface area contributed by atoms with Gasteiger partial charge in [0, 0.05) is 53.4 Å². The number of hydrogen-bond donors (Lipinski definition) is 3. The summed E-state index contributed by atoms with van der Waals surface area (Å²) < 4.78 is 16.1. The summed E-state index contributed by atoms with van der Waals surface area (Å²) >= 11 is 6.21. The van der Waals surface area contributed by atoms with Gasteiger partial charge in [-0.2, -0.15) is 4.68 Å². The third kappa shape index (κ3) is 6.33. The van der Waals surface area contributed by atoms with Gasteiger partial charge in [0.1, 0.15) is 18.0 Å². The van der Waals surface area contributed by atoms with E-state index in [1.54, 1.807) is 36.5 Å². The molecule has 6 rings (SSSR count). The maximum atomic E-state index is 14.6. The zero-order valence-electron chi connectivity index (χ0n) is 22.9. The van der Waals surface area contributed by atoms with E-state index in [4.69, 9.17) is 16.6 Å². The lowest BCUT2D eigenvalue weighted by Gasteiger charge is -2.17. The van der Waals surface area contributed by atoms with E-state index in [0.29, 0.717) is 44.7 Å². The van der Waals surface area contributed by atoms with E-state index in [1.165, 1.54) is 23.2 Å². The fraction of sp³-hybridized carbons (Fsp3) is 0.167. The number of tetrazole rings is 1. The van der Waals surface area contributed by atoms with E-state index in [0.717, 1.165) is 5.56 Å². The molecule has 0 spiro atoms. The number of H-pyrrole nitrogens is 1. The first-order valence-corrected chi connectivity index (χ1v) is 13.8. The highest BCUT2D eigenvalue weighted by molar-refractivity contribution is 6.30. The molecule has 0 radical (unpaired) electrons. The maximum Gasteiger partial charge on any atom is 0.244 e. The molecule has 2 amide bonds. The number of aromatic nitrogens is 7. The first-order chi connectivity index (χ1) is 20.8. The normalized spacial score (nSPS) is 15.0. The van der Waals surface area contributed by atoms with Crippen molar-refractivity contribution in [2.45, 2.75) is 32.2 Å². The van der Waals surface area contributed by atoms with Crippen molar-refractivity contribution in [1.82, 2.24) is 40.5 Å². The van der Waals surface area contributed by atoms with Crippen LogP contribution in [0.3, 0.4) is 0 Å². The summed E-state index contributed by atoms with van der Waals surface area (Å²) in [6.07, 6.45) is 6.55. The van der Waals surface area contributed by atoms with Gasteiger partial charge >= 0.3 is 0 Å². The lowest BCUT2D eigenvalue weighted by atomic mass is 10.1. The summed E-state index contributed by atoms with van der Waals surface area (Å²) in [7, 11) is 0. The number of anilines is 1.